The predicted molar refractivity (Wildman–Crippen MR) is 258 cm³/mol. The second-order valence-electron chi connectivity index (χ2n) is 17.5. The van der Waals surface area contributed by atoms with Crippen molar-refractivity contribution in [3.63, 3.8) is 0 Å². The fourth-order valence-electron chi connectivity index (χ4n) is 11.3. The Morgan fingerprint density at radius 3 is 2.35 bits per heavy atom. The molecule has 6 unspecified atom stereocenters. The van der Waals surface area contributed by atoms with E-state index in [0.29, 0.717) is 11.8 Å². The first kappa shape index (κ1) is 35.5. The summed E-state index contributed by atoms with van der Waals surface area (Å²) in [6.07, 6.45) is 30.9. The molecule has 0 saturated carbocycles. The average molecular weight is 800 g/mol. The minimum absolute atomic E-state index is 0.135. The van der Waals surface area contributed by atoms with E-state index in [1.807, 2.05) is 0 Å². The predicted octanol–water partition coefficient (Wildman–Crippen LogP) is 10.3. The maximum absolute atomic E-state index is 5.37. The zero-order valence-corrected chi connectivity index (χ0v) is 34.3. The monoisotopic (exact) mass is 799 g/mol. The largest absolute Gasteiger partial charge is 0.357 e. The molecule has 1 aromatic heterocycles. The van der Waals surface area contributed by atoms with Crippen LogP contribution in [-0.2, 0) is 6.42 Å². The van der Waals surface area contributed by atoms with Crippen molar-refractivity contribution in [1.29, 1.82) is 0 Å². The van der Waals surface area contributed by atoms with Gasteiger partial charge in [0.05, 0.1) is 22.9 Å². The van der Waals surface area contributed by atoms with Gasteiger partial charge in [0.2, 0.25) is 0 Å². The van der Waals surface area contributed by atoms with Crippen LogP contribution in [0.1, 0.15) is 35.1 Å². The quantitative estimate of drug-likeness (QED) is 0.189. The van der Waals surface area contributed by atoms with Crippen LogP contribution >= 0.6 is 0 Å². The Morgan fingerprint density at radius 1 is 0.629 bits per heavy atom. The normalized spacial score (nSPS) is 24.2. The molecule has 6 atom stereocenters. The van der Waals surface area contributed by atoms with Gasteiger partial charge < -0.3 is 14.8 Å². The Morgan fingerprint density at radius 2 is 1.45 bits per heavy atom. The Hall–Kier alpha value is -7.24. The summed E-state index contributed by atoms with van der Waals surface area (Å²) in [4.78, 5) is 13.3. The van der Waals surface area contributed by atoms with Gasteiger partial charge >= 0.3 is 0 Å². The lowest BCUT2D eigenvalue weighted by Crippen LogP contribution is -2.43. The number of fused-ring (bicyclic) bond motifs is 10. The molecule has 7 aromatic rings. The minimum atomic E-state index is -0.224. The van der Waals surface area contributed by atoms with Crippen molar-refractivity contribution in [2.45, 2.75) is 37.5 Å². The number of aliphatic imine (C=N–C) groups is 2. The van der Waals surface area contributed by atoms with Gasteiger partial charge in [0.15, 0.2) is 6.17 Å². The van der Waals surface area contributed by atoms with Crippen LogP contribution in [0.4, 0.5) is 5.69 Å². The molecule has 62 heavy (non-hydrogen) atoms. The molecule has 0 amide bonds. The summed E-state index contributed by atoms with van der Waals surface area (Å²) in [5.74, 6) is 2.56. The number of rotatable bonds is 5. The molecule has 13 rings (SSSR count). The highest BCUT2D eigenvalue weighted by Gasteiger charge is 2.47. The number of hydrogen-bond acceptors (Lipinski definition) is 4. The number of allylic oxidation sites excluding steroid dienone is 6. The molecule has 0 spiro atoms. The molecular formula is C57H45N5. The molecule has 1 fully saturated rings. The van der Waals surface area contributed by atoms with Gasteiger partial charge in [0.25, 0.3) is 0 Å². The number of hydrogen-bond donors (Lipinski definition) is 1. The van der Waals surface area contributed by atoms with Crippen molar-refractivity contribution in [2.75, 3.05) is 4.90 Å². The first-order valence-electron chi connectivity index (χ1n) is 22.3. The van der Waals surface area contributed by atoms with E-state index < -0.39 is 0 Å². The molecule has 298 valence electrons. The van der Waals surface area contributed by atoms with Gasteiger partial charge in [-0.1, -0.05) is 158 Å². The van der Waals surface area contributed by atoms with Crippen molar-refractivity contribution in [3.05, 3.63) is 209 Å². The lowest BCUT2D eigenvalue weighted by molar-refractivity contribution is 0.517. The molecule has 1 N–H and O–H groups in total. The molecule has 0 bridgehead atoms. The molecule has 6 aliphatic rings. The summed E-state index contributed by atoms with van der Waals surface area (Å²) in [5, 5.41) is 12.7. The van der Waals surface area contributed by atoms with Crippen LogP contribution in [0.5, 0.6) is 0 Å². The minimum Gasteiger partial charge on any atom is -0.357 e. The van der Waals surface area contributed by atoms with Crippen LogP contribution in [0.2, 0.25) is 0 Å². The molecule has 6 aromatic carbocycles. The fourth-order valence-corrected chi connectivity index (χ4v) is 11.3. The van der Waals surface area contributed by atoms with Crippen LogP contribution in [0.3, 0.4) is 0 Å². The van der Waals surface area contributed by atoms with Crippen LogP contribution in [0.15, 0.2) is 186 Å². The maximum atomic E-state index is 5.37. The molecule has 4 aliphatic carbocycles. The number of nitrogens with one attached hydrogen (secondary N) is 1. The van der Waals surface area contributed by atoms with Gasteiger partial charge in [0.1, 0.15) is 11.7 Å². The summed E-state index contributed by atoms with van der Waals surface area (Å²) < 4.78 is 2.56. The Labute approximate surface area is 361 Å². The highest BCUT2D eigenvalue weighted by atomic mass is 15.2. The second kappa shape index (κ2) is 14.2. The second-order valence-corrected chi connectivity index (χ2v) is 17.5. The highest BCUT2D eigenvalue weighted by molar-refractivity contribution is 6.21. The number of anilines is 1. The maximum Gasteiger partial charge on any atom is 0.150 e. The van der Waals surface area contributed by atoms with Crippen molar-refractivity contribution >= 4 is 68.0 Å². The lowest BCUT2D eigenvalue weighted by atomic mass is 9.82. The highest BCUT2D eigenvalue weighted by Crippen LogP contribution is 2.46. The number of amidine groups is 2. The lowest BCUT2D eigenvalue weighted by Gasteiger charge is -2.33. The van der Waals surface area contributed by atoms with Gasteiger partial charge in [-0.25, -0.2) is 9.98 Å². The molecule has 5 heteroatoms. The SMILES string of the molecule is C1=CCC(C2N=C(c3ccccc3)NC(c3ccc(N4C5C=CC=CC5C5C=c6c(n(-c7ccc8ccccc8c7)c7ccc8c(c67)CCC=C8)=CC54)c4ccccc34)=N2)C=C1. The molecule has 2 aliphatic heterocycles. The van der Waals surface area contributed by atoms with Gasteiger partial charge in [-0.2, -0.15) is 0 Å². The van der Waals surface area contributed by atoms with E-state index >= 15 is 0 Å². The van der Waals surface area contributed by atoms with Crippen LogP contribution in [0, 0.1) is 17.8 Å². The van der Waals surface area contributed by atoms with Gasteiger partial charge in [-0.15, -0.1) is 0 Å². The standard InChI is InChI=1S/C57H45N5/c1-3-17-38(18-4-1)55-58-56(39-19-5-2-6-20-39)60-57(59-55)46-30-32-50(44-24-12-11-23-43(44)46)62-49-26-14-13-25-45(49)47-34-48-53(35-52(47)62)61(41-29-27-36-15-7-8-21-40(36)33-41)51-31-28-37-16-9-10-22-42(37)54(48)51/h1-9,11-19,21,23-35,39,45,47,49,52,56H,10,20,22H2,(H,58,59,60). The van der Waals surface area contributed by atoms with E-state index in [0.717, 1.165) is 42.1 Å². The summed E-state index contributed by atoms with van der Waals surface area (Å²) in [7, 11) is 0. The van der Waals surface area contributed by atoms with Gasteiger partial charge in [-0.3, -0.25) is 0 Å². The summed E-state index contributed by atoms with van der Waals surface area (Å²) in [5.41, 5.74) is 8.74. The molecule has 3 heterocycles. The molecule has 5 nitrogen and oxygen atoms in total. The first-order valence-corrected chi connectivity index (χ1v) is 22.3. The van der Waals surface area contributed by atoms with Crippen molar-refractivity contribution < 1.29 is 0 Å². The van der Waals surface area contributed by atoms with E-state index in [9.17, 15) is 0 Å². The van der Waals surface area contributed by atoms with E-state index in [2.05, 4.69) is 209 Å². The van der Waals surface area contributed by atoms with Crippen molar-refractivity contribution in [3.8, 4) is 5.69 Å². The average Bonchev–Trinajstić information content (AvgIpc) is 3.85. The van der Waals surface area contributed by atoms with Crippen molar-refractivity contribution in [2.24, 2.45) is 27.7 Å². The Balaban J connectivity index is 0.993. The van der Waals surface area contributed by atoms with Crippen molar-refractivity contribution in [1.82, 2.24) is 9.88 Å². The topological polar surface area (TPSA) is 44.9 Å². The van der Waals surface area contributed by atoms with Gasteiger partial charge in [-0.05, 0) is 83.0 Å². The molecule has 0 radical (unpaired) electrons. The number of aryl methyl sites for hydroxylation is 1. The Kier molecular flexibility index (Phi) is 8.12. The van der Waals surface area contributed by atoms with E-state index in [4.69, 9.17) is 9.98 Å². The fraction of sp³-hybridized carbons (Fsp3) is 0.158. The van der Waals surface area contributed by atoms with E-state index in [-0.39, 0.29) is 24.2 Å². The van der Waals surface area contributed by atoms with Gasteiger partial charge in [0, 0.05) is 56.2 Å². The smallest absolute Gasteiger partial charge is 0.150 e. The summed E-state index contributed by atoms with van der Waals surface area (Å²) in [6, 6.07) is 44.8. The molecule has 1 saturated heterocycles. The summed E-state index contributed by atoms with van der Waals surface area (Å²) >= 11 is 0. The number of benzene rings is 6. The number of aromatic nitrogens is 1. The molecular weight excluding hydrogens is 755 g/mol. The third kappa shape index (κ3) is 5.54. The van der Waals surface area contributed by atoms with Crippen LogP contribution in [-0.4, -0.2) is 34.5 Å². The van der Waals surface area contributed by atoms with E-state index in [1.54, 1.807) is 0 Å². The first-order chi connectivity index (χ1) is 30.7. The zero-order chi connectivity index (χ0) is 40.7. The van der Waals surface area contributed by atoms with Crippen LogP contribution < -0.4 is 20.8 Å². The number of nitrogens with zero attached hydrogens (tertiary/aromatic N) is 4. The van der Waals surface area contributed by atoms with Crippen LogP contribution in [0.25, 0.3) is 56.4 Å². The summed E-state index contributed by atoms with van der Waals surface area (Å²) in [6.45, 7) is 0. The Bertz CT molecular complexity index is 3360. The zero-order valence-electron chi connectivity index (χ0n) is 34.3. The third-order valence-electron chi connectivity index (χ3n) is 14.2. The third-order valence-corrected chi connectivity index (χ3v) is 14.2. The van der Waals surface area contributed by atoms with E-state index in [1.165, 1.54) is 65.5 Å².